The van der Waals surface area contributed by atoms with Crippen LogP contribution in [0.4, 0.5) is 0 Å². The highest BCUT2D eigenvalue weighted by molar-refractivity contribution is 5.91. The van der Waals surface area contributed by atoms with Gasteiger partial charge in [0.15, 0.2) is 0 Å². The lowest BCUT2D eigenvalue weighted by Gasteiger charge is -2.15. The first kappa shape index (κ1) is 16.8. The van der Waals surface area contributed by atoms with Gasteiger partial charge in [0.1, 0.15) is 6.04 Å². The average molecular weight is 336 g/mol. The van der Waals surface area contributed by atoms with E-state index in [1.165, 1.54) is 0 Å². The third-order valence-corrected chi connectivity index (χ3v) is 4.28. The van der Waals surface area contributed by atoms with Crippen LogP contribution in [-0.4, -0.2) is 28.0 Å². The van der Waals surface area contributed by atoms with Crippen LogP contribution >= 0.6 is 0 Å². The molecule has 3 rings (SSSR count). The normalized spacial score (nSPS) is 12.0. The topological polar surface area (TPSA) is 82.2 Å². The molecule has 0 spiro atoms. The van der Waals surface area contributed by atoms with Gasteiger partial charge in [0.2, 0.25) is 5.91 Å². The van der Waals surface area contributed by atoms with Crippen LogP contribution in [0.15, 0.2) is 54.6 Å². The Hall–Kier alpha value is -3.08. The summed E-state index contributed by atoms with van der Waals surface area (Å²) in [5.74, 6) is -1.33. The summed E-state index contributed by atoms with van der Waals surface area (Å²) in [5, 5.41) is 13.0. The molecule has 128 valence electrons. The van der Waals surface area contributed by atoms with Crippen LogP contribution in [0, 0.1) is 6.92 Å². The van der Waals surface area contributed by atoms with Crippen LogP contribution in [-0.2, 0) is 22.4 Å². The van der Waals surface area contributed by atoms with Gasteiger partial charge < -0.3 is 15.4 Å². The van der Waals surface area contributed by atoms with Gasteiger partial charge in [-0.25, -0.2) is 4.79 Å². The molecule has 1 atom stereocenters. The number of carboxylic acids is 1. The molecule has 0 aliphatic rings. The maximum Gasteiger partial charge on any atom is 0.326 e. The van der Waals surface area contributed by atoms with Crippen molar-refractivity contribution in [2.45, 2.75) is 25.8 Å². The lowest BCUT2D eigenvalue weighted by atomic mass is 10.0. The van der Waals surface area contributed by atoms with Gasteiger partial charge in [0.25, 0.3) is 0 Å². The quantitative estimate of drug-likeness (QED) is 0.647. The summed E-state index contributed by atoms with van der Waals surface area (Å²) in [6.07, 6.45) is 0.406. The number of para-hydroxylation sites is 1. The molecule has 5 nitrogen and oxygen atoms in total. The van der Waals surface area contributed by atoms with Crippen LogP contribution in [0.5, 0.6) is 0 Å². The Morgan fingerprint density at radius 1 is 1.08 bits per heavy atom. The second-order valence-corrected chi connectivity index (χ2v) is 6.10. The van der Waals surface area contributed by atoms with E-state index in [9.17, 15) is 14.7 Å². The lowest BCUT2D eigenvalue weighted by Crippen LogP contribution is -2.43. The van der Waals surface area contributed by atoms with Crippen molar-refractivity contribution < 1.29 is 14.7 Å². The number of fused-ring (bicyclic) bond motifs is 1. The van der Waals surface area contributed by atoms with E-state index >= 15 is 0 Å². The number of H-pyrrole nitrogens is 1. The predicted molar refractivity (Wildman–Crippen MR) is 96.5 cm³/mol. The van der Waals surface area contributed by atoms with Crippen LogP contribution in [0.25, 0.3) is 10.9 Å². The van der Waals surface area contributed by atoms with E-state index in [-0.39, 0.29) is 18.7 Å². The fourth-order valence-electron chi connectivity index (χ4n) is 3.02. The van der Waals surface area contributed by atoms with Gasteiger partial charge in [0, 0.05) is 23.0 Å². The number of nitrogens with one attached hydrogen (secondary N) is 2. The summed E-state index contributed by atoms with van der Waals surface area (Å²) < 4.78 is 0. The molecule has 0 bridgehead atoms. The molecule has 3 aromatic rings. The fraction of sp³-hybridized carbons (Fsp3) is 0.200. The Morgan fingerprint density at radius 2 is 1.76 bits per heavy atom. The van der Waals surface area contributed by atoms with Crippen molar-refractivity contribution in [1.29, 1.82) is 0 Å². The minimum absolute atomic E-state index is 0.147. The second kappa shape index (κ2) is 7.21. The van der Waals surface area contributed by atoms with Crippen molar-refractivity contribution >= 4 is 22.8 Å². The molecule has 0 saturated heterocycles. The highest BCUT2D eigenvalue weighted by atomic mass is 16.4. The van der Waals surface area contributed by atoms with Crippen LogP contribution in [0.3, 0.4) is 0 Å². The number of hydrogen-bond donors (Lipinski definition) is 3. The fourth-order valence-corrected chi connectivity index (χ4v) is 3.02. The van der Waals surface area contributed by atoms with Crippen LogP contribution in [0.1, 0.15) is 16.8 Å². The van der Waals surface area contributed by atoms with Crippen molar-refractivity contribution in [2.75, 3.05) is 0 Å². The standard InChI is InChI=1S/C20H20N2O3/c1-13-16(15-9-5-6-10-17(15)21-13)12-19(23)22-18(20(24)25)11-14-7-3-2-4-8-14/h2-10,18,21H,11-12H2,1H3,(H,22,23)(H,24,25). The van der Waals surface area contributed by atoms with E-state index < -0.39 is 12.0 Å². The van der Waals surface area contributed by atoms with Crippen molar-refractivity contribution in [3.8, 4) is 0 Å². The third-order valence-electron chi connectivity index (χ3n) is 4.28. The largest absolute Gasteiger partial charge is 0.480 e. The number of hydrogen-bond acceptors (Lipinski definition) is 2. The monoisotopic (exact) mass is 336 g/mol. The Labute approximate surface area is 145 Å². The Bertz CT molecular complexity index is 900. The molecule has 3 N–H and O–H groups in total. The number of aliphatic carboxylic acids is 1. The van der Waals surface area contributed by atoms with E-state index in [0.717, 1.165) is 27.7 Å². The molecule has 1 heterocycles. The average Bonchev–Trinajstić information content (AvgIpc) is 2.91. The highest BCUT2D eigenvalue weighted by Gasteiger charge is 2.21. The minimum atomic E-state index is -1.03. The molecule has 1 aromatic heterocycles. The zero-order valence-electron chi connectivity index (χ0n) is 14.0. The number of aryl methyl sites for hydroxylation is 1. The molecule has 1 amide bonds. The first-order chi connectivity index (χ1) is 12.0. The molecule has 1 unspecified atom stereocenters. The molecule has 5 heteroatoms. The zero-order chi connectivity index (χ0) is 17.8. The van der Waals surface area contributed by atoms with Crippen molar-refractivity contribution in [1.82, 2.24) is 10.3 Å². The van der Waals surface area contributed by atoms with E-state index in [4.69, 9.17) is 0 Å². The second-order valence-electron chi connectivity index (χ2n) is 6.10. The van der Waals surface area contributed by atoms with Crippen molar-refractivity contribution in [3.63, 3.8) is 0 Å². The van der Waals surface area contributed by atoms with Gasteiger partial charge in [-0.05, 0) is 24.1 Å². The number of aromatic amines is 1. The van der Waals surface area contributed by atoms with Gasteiger partial charge in [-0.3, -0.25) is 4.79 Å². The van der Waals surface area contributed by atoms with Crippen molar-refractivity contribution in [3.05, 3.63) is 71.4 Å². The van der Waals surface area contributed by atoms with E-state index in [2.05, 4.69) is 10.3 Å². The SMILES string of the molecule is Cc1[nH]c2ccccc2c1CC(=O)NC(Cc1ccccc1)C(=O)O. The Balaban J connectivity index is 1.73. The summed E-state index contributed by atoms with van der Waals surface area (Å²) in [5.41, 5.74) is 3.67. The van der Waals surface area contributed by atoms with Gasteiger partial charge in [0.05, 0.1) is 6.42 Å². The smallest absolute Gasteiger partial charge is 0.326 e. The van der Waals surface area contributed by atoms with E-state index in [1.54, 1.807) is 0 Å². The molecular formula is C20H20N2O3. The highest BCUT2D eigenvalue weighted by Crippen LogP contribution is 2.22. The third kappa shape index (κ3) is 3.88. The summed E-state index contributed by atoms with van der Waals surface area (Å²) >= 11 is 0. The number of carbonyl (C=O) groups excluding carboxylic acids is 1. The molecular weight excluding hydrogens is 316 g/mol. The summed E-state index contributed by atoms with van der Waals surface area (Å²) in [6.45, 7) is 1.92. The summed E-state index contributed by atoms with van der Waals surface area (Å²) in [6, 6.07) is 16.1. The molecule has 0 aliphatic carbocycles. The predicted octanol–water partition coefficient (Wildman–Crippen LogP) is 2.83. The molecule has 0 aliphatic heterocycles. The number of aromatic nitrogens is 1. The molecule has 0 saturated carbocycles. The number of carbonyl (C=O) groups is 2. The molecule has 2 aromatic carbocycles. The molecule has 0 radical (unpaired) electrons. The van der Waals surface area contributed by atoms with E-state index in [0.29, 0.717) is 0 Å². The van der Waals surface area contributed by atoms with Gasteiger partial charge in [-0.15, -0.1) is 0 Å². The van der Waals surface area contributed by atoms with Gasteiger partial charge in [-0.1, -0.05) is 48.5 Å². The Kier molecular flexibility index (Phi) is 4.84. The van der Waals surface area contributed by atoms with Crippen molar-refractivity contribution in [2.24, 2.45) is 0 Å². The number of rotatable bonds is 6. The van der Waals surface area contributed by atoms with Gasteiger partial charge in [-0.2, -0.15) is 0 Å². The number of amides is 1. The van der Waals surface area contributed by atoms with Crippen LogP contribution in [0.2, 0.25) is 0 Å². The summed E-state index contributed by atoms with van der Waals surface area (Å²) in [4.78, 5) is 27.2. The Morgan fingerprint density at radius 3 is 2.48 bits per heavy atom. The first-order valence-corrected chi connectivity index (χ1v) is 8.17. The minimum Gasteiger partial charge on any atom is -0.480 e. The number of benzene rings is 2. The zero-order valence-corrected chi connectivity index (χ0v) is 14.0. The summed E-state index contributed by atoms with van der Waals surface area (Å²) in [7, 11) is 0. The maximum atomic E-state index is 12.4. The number of carboxylic acid groups (broad SMARTS) is 1. The lowest BCUT2D eigenvalue weighted by molar-refractivity contribution is -0.141. The van der Waals surface area contributed by atoms with Crippen LogP contribution < -0.4 is 5.32 Å². The van der Waals surface area contributed by atoms with E-state index in [1.807, 2.05) is 61.5 Å². The first-order valence-electron chi connectivity index (χ1n) is 8.17. The molecule has 25 heavy (non-hydrogen) atoms. The molecule has 0 fully saturated rings. The maximum absolute atomic E-state index is 12.4. The van der Waals surface area contributed by atoms with Gasteiger partial charge >= 0.3 is 5.97 Å².